The Bertz CT molecular complexity index is 392. The molecule has 2 N–H and O–H groups in total. The zero-order chi connectivity index (χ0) is 12.3. The summed E-state index contributed by atoms with van der Waals surface area (Å²) in [5, 5.41) is 0. The minimum absolute atomic E-state index is 0.308. The molecular weight excluding hydrogens is 216 g/mol. The highest BCUT2D eigenvalue weighted by Gasteiger charge is 2.18. The molecule has 0 unspecified atom stereocenters. The topological polar surface area (TPSA) is 57.2 Å². The van der Waals surface area contributed by atoms with Gasteiger partial charge in [0.05, 0.1) is 12.8 Å². The van der Waals surface area contributed by atoms with Crippen LogP contribution in [-0.2, 0) is 11.3 Å². The van der Waals surface area contributed by atoms with Crippen LogP contribution in [0.2, 0.25) is 0 Å². The summed E-state index contributed by atoms with van der Waals surface area (Å²) in [6.07, 6.45) is 8.27. The van der Waals surface area contributed by atoms with E-state index in [9.17, 15) is 4.79 Å². The maximum absolute atomic E-state index is 11.6. The van der Waals surface area contributed by atoms with E-state index in [2.05, 4.69) is 0 Å². The highest BCUT2D eigenvalue weighted by atomic mass is 16.5. The summed E-state index contributed by atoms with van der Waals surface area (Å²) in [5.74, 6) is 0.358. The Hall–Kier alpha value is -1.45. The van der Waals surface area contributed by atoms with Gasteiger partial charge in [-0.2, -0.15) is 0 Å². The third-order valence-corrected chi connectivity index (χ3v) is 3.49. The third kappa shape index (κ3) is 2.81. The lowest BCUT2D eigenvalue weighted by Crippen LogP contribution is -2.17. The van der Waals surface area contributed by atoms with Crippen LogP contribution in [0, 0.1) is 5.92 Å². The molecule has 2 rings (SSSR count). The number of methoxy groups -OCH3 is 1. The first-order valence-electron chi connectivity index (χ1n) is 6.24. The molecule has 1 aliphatic rings. The first kappa shape index (κ1) is 12.0. The van der Waals surface area contributed by atoms with Gasteiger partial charge in [0.15, 0.2) is 0 Å². The van der Waals surface area contributed by atoms with E-state index in [1.54, 1.807) is 6.07 Å². The average Bonchev–Trinajstić information content (AvgIpc) is 2.70. The van der Waals surface area contributed by atoms with Gasteiger partial charge in [0.2, 0.25) is 0 Å². The van der Waals surface area contributed by atoms with Crippen LogP contribution in [0.1, 0.15) is 42.6 Å². The number of carbonyl (C=O) groups is 1. The monoisotopic (exact) mass is 236 g/mol. The number of hydrogen-bond acceptors (Lipinski definition) is 3. The molecule has 1 aliphatic carbocycles. The van der Waals surface area contributed by atoms with Gasteiger partial charge in [0.1, 0.15) is 5.69 Å². The first-order valence-corrected chi connectivity index (χ1v) is 6.24. The van der Waals surface area contributed by atoms with Crippen LogP contribution in [0.3, 0.4) is 0 Å². The number of carbonyl (C=O) groups excluding carboxylic acids is 1. The lowest BCUT2D eigenvalue weighted by molar-refractivity contribution is 0.0586. The van der Waals surface area contributed by atoms with E-state index < -0.39 is 0 Å². The second-order valence-electron chi connectivity index (χ2n) is 4.81. The second kappa shape index (κ2) is 5.25. The number of hydrogen-bond donors (Lipinski definition) is 1. The first-order chi connectivity index (χ1) is 8.20. The molecule has 0 bridgehead atoms. The number of nitrogens with two attached hydrogens (primary N) is 1. The van der Waals surface area contributed by atoms with Gasteiger partial charge in [0, 0.05) is 12.7 Å². The summed E-state index contributed by atoms with van der Waals surface area (Å²) in [7, 11) is 1.40. The molecule has 1 aromatic rings. The SMILES string of the molecule is COC(=O)c1cc(N)cn1CC1CCCCC1. The molecule has 0 spiro atoms. The van der Waals surface area contributed by atoms with Gasteiger partial charge < -0.3 is 15.0 Å². The summed E-state index contributed by atoms with van der Waals surface area (Å²) in [5.41, 5.74) is 6.94. The van der Waals surface area contributed by atoms with E-state index in [1.165, 1.54) is 39.2 Å². The lowest BCUT2D eigenvalue weighted by Gasteiger charge is -2.22. The van der Waals surface area contributed by atoms with Crippen molar-refractivity contribution in [2.24, 2.45) is 5.92 Å². The normalized spacial score (nSPS) is 17.0. The highest BCUT2D eigenvalue weighted by Crippen LogP contribution is 2.26. The van der Waals surface area contributed by atoms with Crippen molar-refractivity contribution in [3.63, 3.8) is 0 Å². The van der Waals surface area contributed by atoms with Gasteiger partial charge >= 0.3 is 5.97 Å². The maximum atomic E-state index is 11.6. The number of rotatable bonds is 3. The predicted molar refractivity (Wildman–Crippen MR) is 66.8 cm³/mol. The molecular formula is C13H20N2O2. The van der Waals surface area contributed by atoms with Crippen LogP contribution in [0.15, 0.2) is 12.3 Å². The summed E-state index contributed by atoms with van der Waals surface area (Å²) in [4.78, 5) is 11.6. The molecule has 0 aliphatic heterocycles. The van der Waals surface area contributed by atoms with E-state index in [0.717, 1.165) is 6.54 Å². The van der Waals surface area contributed by atoms with Crippen molar-refractivity contribution in [3.8, 4) is 0 Å². The molecule has 1 saturated carbocycles. The minimum Gasteiger partial charge on any atom is -0.464 e. The van der Waals surface area contributed by atoms with Gasteiger partial charge in [-0.3, -0.25) is 0 Å². The Kier molecular flexibility index (Phi) is 3.71. The Morgan fingerprint density at radius 1 is 1.47 bits per heavy atom. The van der Waals surface area contributed by atoms with Crippen LogP contribution in [-0.4, -0.2) is 17.6 Å². The largest absolute Gasteiger partial charge is 0.464 e. The van der Waals surface area contributed by atoms with Crippen molar-refractivity contribution in [2.45, 2.75) is 38.6 Å². The van der Waals surface area contributed by atoms with Gasteiger partial charge in [-0.15, -0.1) is 0 Å². The summed E-state index contributed by atoms with van der Waals surface area (Å²) in [6, 6.07) is 1.69. The standard InChI is InChI=1S/C13H20N2O2/c1-17-13(16)12-7-11(14)9-15(12)8-10-5-3-2-4-6-10/h7,9-10H,2-6,8,14H2,1H3. The van der Waals surface area contributed by atoms with E-state index in [1.807, 2.05) is 10.8 Å². The van der Waals surface area contributed by atoms with Crippen molar-refractivity contribution in [1.29, 1.82) is 0 Å². The average molecular weight is 236 g/mol. The molecule has 4 nitrogen and oxygen atoms in total. The van der Waals surface area contributed by atoms with E-state index in [-0.39, 0.29) is 5.97 Å². The predicted octanol–water partition coefficient (Wildman–Crippen LogP) is 2.44. The van der Waals surface area contributed by atoms with Crippen LogP contribution < -0.4 is 5.73 Å². The van der Waals surface area contributed by atoms with Crippen LogP contribution >= 0.6 is 0 Å². The van der Waals surface area contributed by atoms with Crippen molar-refractivity contribution in [1.82, 2.24) is 4.57 Å². The molecule has 0 saturated heterocycles. The number of nitrogens with zero attached hydrogens (tertiary/aromatic N) is 1. The molecule has 1 aromatic heterocycles. The Morgan fingerprint density at radius 3 is 2.82 bits per heavy atom. The second-order valence-corrected chi connectivity index (χ2v) is 4.81. The van der Waals surface area contributed by atoms with E-state index >= 15 is 0 Å². The van der Waals surface area contributed by atoms with Gasteiger partial charge in [-0.1, -0.05) is 19.3 Å². The zero-order valence-electron chi connectivity index (χ0n) is 10.3. The number of aromatic nitrogens is 1. The van der Waals surface area contributed by atoms with Crippen molar-refractivity contribution < 1.29 is 9.53 Å². The molecule has 0 radical (unpaired) electrons. The van der Waals surface area contributed by atoms with Gasteiger partial charge in [0.25, 0.3) is 0 Å². The molecule has 1 heterocycles. The Labute approximate surface area is 102 Å². The molecule has 0 aromatic carbocycles. The third-order valence-electron chi connectivity index (χ3n) is 3.49. The van der Waals surface area contributed by atoms with Gasteiger partial charge in [-0.25, -0.2) is 4.79 Å². The number of ether oxygens (including phenoxy) is 1. The fourth-order valence-corrected chi connectivity index (χ4v) is 2.61. The summed E-state index contributed by atoms with van der Waals surface area (Å²) in [6.45, 7) is 0.877. The Balaban J connectivity index is 2.11. The molecule has 4 heteroatoms. The molecule has 17 heavy (non-hydrogen) atoms. The quantitative estimate of drug-likeness (QED) is 0.820. The van der Waals surface area contributed by atoms with Crippen LogP contribution in [0.4, 0.5) is 5.69 Å². The highest BCUT2D eigenvalue weighted by molar-refractivity contribution is 5.88. The lowest BCUT2D eigenvalue weighted by atomic mass is 9.89. The van der Waals surface area contributed by atoms with Crippen LogP contribution in [0.5, 0.6) is 0 Å². The molecule has 94 valence electrons. The molecule has 0 atom stereocenters. The van der Waals surface area contributed by atoms with E-state index in [4.69, 9.17) is 10.5 Å². The Morgan fingerprint density at radius 2 is 2.18 bits per heavy atom. The number of anilines is 1. The minimum atomic E-state index is -0.308. The molecule has 0 amide bonds. The van der Waals surface area contributed by atoms with Crippen LogP contribution in [0.25, 0.3) is 0 Å². The summed E-state index contributed by atoms with van der Waals surface area (Å²) >= 11 is 0. The zero-order valence-corrected chi connectivity index (χ0v) is 10.3. The molecule has 1 fully saturated rings. The maximum Gasteiger partial charge on any atom is 0.354 e. The number of esters is 1. The fourth-order valence-electron chi connectivity index (χ4n) is 2.61. The van der Waals surface area contributed by atoms with Crippen molar-refractivity contribution in [2.75, 3.05) is 12.8 Å². The van der Waals surface area contributed by atoms with Gasteiger partial charge in [-0.05, 0) is 24.8 Å². The van der Waals surface area contributed by atoms with E-state index in [0.29, 0.717) is 17.3 Å². The fraction of sp³-hybridized carbons (Fsp3) is 0.615. The smallest absolute Gasteiger partial charge is 0.354 e. The van der Waals surface area contributed by atoms with Crippen molar-refractivity contribution >= 4 is 11.7 Å². The summed E-state index contributed by atoms with van der Waals surface area (Å²) < 4.78 is 6.71. The van der Waals surface area contributed by atoms with Crippen molar-refractivity contribution in [3.05, 3.63) is 18.0 Å². The number of nitrogen functional groups attached to an aromatic ring is 1.